The number of carbonyl (C=O) groups is 1. The molecule has 1 unspecified atom stereocenters. The smallest absolute Gasteiger partial charge is 0.236 e. The normalized spacial score (nSPS) is 11.9. The number of rotatable bonds is 6. The number of carbonyl (C=O) groups excluding carboxylic acids is 1. The van der Waals surface area contributed by atoms with Crippen LogP contribution in [0.4, 0.5) is 0 Å². The van der Waals surface area contributed by atoms with Crippen LogP contribution in [-0.2, 0) is 11.3 Å². The molecule has 1 aromatic carbocycles. The van der Waals surface area contributed by atoms with Gasteiger partial charge in [0.05, 0.1) is 12.6 Å². The van der Waals surface area contributed by atoms with E-state index in [-0.39, 0.29) is 17.7 Å². The monoisotopic (exact) mass is 252 g/mol. The number of benzene rings is 1. The molecule has 0 spiro atoms. The van der Waals surface area contributed by atoms with Gasteiger partial charge in [0, 0.05) is 13.6 Å². The van der Waals surface area contributed by atoms with Crippen LogP contribution in [0.2, 0.25) is 0 Å². The predicted octanol–water partition coefficient (Wildman–Crippen LogP) is 1.01. The molecule has 0 saturated carbocycles. The van der Waals surface area contributed by atoms with E-state index in [0.29, 0.717) is 18.9 Å². The lowest BCUT2D eigenvalue weighted by Crippen LogP contribution is -2.40. The lowest BCUT2D eigenvalue weighted by atomic mass is 10.2. The summed E-state index contributed by atoms with van der Waals surface area (Å²) in [7, 11) is 1.61. The van der Waals surface area contributed by atoms with Crippen LogP contribution in [0.15, 0.2) is 18.2 Å². The third-order valence-corrected chi connectivity index (χ3v) is 2.58. The van der Waals surface area contributed by atoms with Gasteiger partial charge in [-0.1, -0.05) is 6.07 Å². The first kappa shape index (κ1) is 14.3. The second-order valence-corrected chi connectivity index (χ2v) is 3.95. The van der Waals surface area contributed by atoms with Crippen molar-refractivity contribution in [2.24, 2.45) is 0 Å². The second-order valence-electron chi connectivity index (χ2n) is 3.95. The first-order valence-corrected chi connectivity index (χ1v) is 5.98. The third-order valence-electron chi connectivity index (χ3n) is 2.58. The molecule has 0 bridgehead atoms. The maximum atomic E-state index is 11.3. The number of aromatic hydroxyl groups is 1. The minimum atomic E-state index is -0.264. The van der Waals surface area contributed by atoms with Crippen molar-refractivity contribution in [2.45, 2.75) is 26.4 Å². The number of hydrogen-bond donors (Lipinski definition) is 3. The fraction of sp³-hybridized carbons (Fsp3) is 0.462. The van der Waals surface area contributed by atoms with E-state index >= 15 is 0 Å². The molecular formula is C13H20N2O3. The molecule has 0 saturated heterocycles. The highest BCUT2D eigenvalue weighted by Gasteiger charge is 2.10. The van der Waals surface area contributed by atoms with E-state index in [1.54, 1.807) is 32.2 Å². The molecule has 0 aliphatic carbocycles. The van der Waals surface area contributed by atoms with E-state index in [9.17, 15) is 9.90 Å². The molecule has 1 rings (SSSR count). The maximum absolute atomic E-state index is 11.3. The molecule has 0 aromatic heterocycles. The molecule has 1 atom stereocenters. The molecule has 0 aliphatic heterocycles. The van der Waals surface area contributed by atoms with Gasteiger partial charge in [0.25, 0.3) is 0 Å². The highest BCUT2D eigenvalue weighted by Crippen LogP contribution is 2.26. The van der Waals surface area contributed by atoms with Gasteiger partial charge in [0.15, 0.2) is 11.5 Å². The zero-order valence-corrected chi connectivity index (χ0v) is 11.0. The minimum Gasteiger partial charge on any atom is -0.504 e. The Hall–Kier alpha value is -1.75. The lowest BCUT2D eigenvalue weighted by molar-refractivity contribution is -0.122. The number of ether oxygens (including phenoxy) is 1. The van der Waals surface area contributed by atoms with Gasteiger partial charge in [-0.15, -0.1) is 0 Å². The van der Waals surface area contributed by atoms with Crippen molar-refractivity contribution in [3.05, 3.63) is 23.8 Å². The summed E-state index contributed by atoms with van der Waals surface area (Å²) in [6.07, 6.45) is 0. The van der Waals surface area contributed by atoms with Crippen LogP contribution in [0, 0.1) is 0 Å². The summed E-state index contributed by atoms with van der Waals surface area (Å²) in [6.45, 7) is 4.69. The van der Waals surface area contributed by atoms with E-state index in [4.69, 9.17) is 4.74 Å². The molecule has 0 radical (unpaired) electrons. The van der Waals surface area contributed by atoms with E-state index in [2.05, 4.69) is 10.6 Å². The van der Waals surface area contributed by atoms with Gasteiger partial charge in [-0.05, 0) is 31.5 Å². The molecule has 5 heteroatoms. The van der Waals surface area contributed by atoms with E-state index in [1.807, 2.05) is 6.92 Å². The first-order valence-electron chi connectivity index (χ1n) is 5.98. The molecular weight excluding hydrogens is 232 g/mol. The van der Waals surface area contributed by atoms with Crippen LogP contribution in [0.3, 0.4) is 0 Å². The number of phenolic OH excluding ortho intramolecular Hbond substituents is 1. The standard InChI is InChI=1S/C13H20N2O3/c1-4-18-12-7-10(5-6-11(12)16)8-15-9(2)13(17)14-3/h5-7,9,15-16H,4,8H2,1-3H3,(H,14,17). The quantitative estimate of drug-likeness (QED) is 0.707. The van der Waals surface area contributed by atoms with Crippen LogP contribution >= 0.6 is 0 Å². The molecule has 100 valence electrons. The Kier molecular flexibility index (Phi) is 5.45. The zero-order valence-electron chi connectivity index (χ0n) is 11.0. The largest absolute Gasteiger partial charge is 0.504 e. The Labute approximate surface area is 107 Å². The molecule has 1 aromatic rings. The zero-order chi connectivity index (χ0) is 13.5. The van der Waals surface area contributed by atoms with Crippen LogP contribution in [-0.4, -0.2) is 30.7 Å². The van der Waals surface area contributed by atoms with E-state index < -0.39 is 0 Å². The van der Waals surface area contributed by atoms with Crippen molar-refractivity contribution in [1.29, 1.82) is 0 Å². The average Bonchev–Trinajstić information content (AvgIpc) is 2.38. The van der Waals surface area contributed by atoms with Crippen molar-refractivity contribution < 1.29 is 14.6 Å². The van der Waals surface area contributed by atoms with Crippen molar-refractivity contribution in [3.8, 4) is 11.5 Å². The third kappa shape index (κ3) is 3.92. The average molecular weight is 252 g/mol. The number of hydrogen-bond acceptors (Lipinski definition) is 4. The molecule has 5 nitrogen and oxygen atoms in total. The summed E-state index contributed by atoms with van der Waals surface area (Å²) in [6, 6.07) is 4.88. The molecule has 18 heavy (non-hydrogen) atoms. The van der Waals surface area contributed by atoms with Gasteiger partial charge in [0.1, 0.15) is 0 Å². The minimum absolute atomic E-state index is 0.0567. The molecule has 0 aliphatic rings. The molecule has 0 heterocycles. The number of nitrogens with one attached hydrogen (secondary N) is 2. The Balaban J connectivity index is 2.62. The van der Waals surface area contributed by atoms with Crippen molar-refractivity contribution in [2.75, 3.05) is 13.7 Å². The summed E-state index contributed by atoms with van der Waals surface area (Å²) in [5.41, 5.74) is 0.951. The Morgan fingerprint density at radius 3 is 2.83 bits per heavy atom. The summed E-state index contributed by atoms with van der Waals surface area (Å²) < 4.78 is 5.30. The molecule has 3 N–H and O–H groups in total. The van der Waals surface area contributed by atoms with Gasteiger partial charge in [-0.25, -0.2) is 0 Å². The fourth-order valence-electron chi connectivity index (χ4n) is 1.52. The van der Waals surface area contributed by atoms with Crippen LogP contribution in [0.5, 0.6) is 11.5 Å². The topological polar surface area (TPSA) is 70.6 Å². The fourth-order valence-corrected chi connectivity index (χ4v) is 1.52. The van der Waals surface area contributed by atoms with Crippen LogP contribution in [0.1, 0.15) is 19.4 Å². The Bertz CT molecular complexity index is 407. The van der Waals surface area contributed by atoms with Gasteiger partial charge in [-0.2, -0.15) is 0 Å². The first-order chi connectivity index (χ1) is 8.58. The Morgan fingerprint density at radius 1 is 1.50 bits per heavy atom. The summed E-state index contributed by atoms with van der Waals surface area (Å²) in [5.74, 6) is 0.531. The van der Waals surface area contributed by atoms with E-state index in [1.165, 1.54) is 0 Å². The summed E-state index contributed by atoms with van der Waals surface area (Å²) >= 11 is 0. The molecule has 0 fully saturated rings. The molecule has 1 amide bonds. The van der Waals surface area contributed by atoms with Crippen molar-refractivity contribution in [1.82, 2.24) is 10.6 Å². The van der Waals surface area contributed by atoms with Gasteiger partial charge in [-0.3, -0.25) is 4.79 Å². The van der Waals surface area contributed by atoms with Crippen molar-refractivity contribution in [3.63, 3.8) is 0 Å². The maximum Gasteiger partial charge on any atom is 0.236 e. The van der Waals surface area contributed by atoms with E-state index in [0.717, 1.165) is 5.56 Å². The number of likely N-dealkylation sites (N-methyl/N-ethyl adjacent to an activating group) is 1. The predicted molar refractivity (Wildman–Crippen MR) is 69.6 cm³/mol. The van der Waals surface area contributed by atoms with Crippen LogP contribution < -0.4 is 15.4 Å². The van der Waals surface area contributed by atoms with Crippen LogP contribution in [0.25, 0.3) is 0 Å². The number of amides is 1. The summed E-state index contributed by atoms with van der Waals surface area (Å²) in [5, 5.41) is 15.2. The van der Waals surface area contributed by atoms with Gasteiger partial charge in [0.2, 0.25) is 5.91 Å². The Morgan fingerprint density at radius 2 is 2.22 bits per heavy atom. The summed E-state index contributed by atoms with van der Waals surface area (Å²) in [4.78, 5) is 11.3. The van der Waals surface area contributed by atoms with Gasteiger partial charge >= 0.3 is 0 Å². The number of phenols is 1. The lowest BCUT2D eigenvalue weighted by Gasteiger charge is -2.13. The second kappa shape index (κ2) is 6.86. The highest BCUT2D eigenvalue weighted by molar-refractivity contribution is 5.80. The SMILES string of the molecule is CCOc1cc(CNC(C)C(=O)NC)ccc1O. The van der Waals surface area contributed by atoms with Gasteiger partial charge < -0.3 is 20.5 Å². The highest BCUT2D eigenvalue weighted by atomic mass is 16.5. The van der Waals surface area contributed by atoms with Crippen molar-refractivity contribution >= 4 is 5.91 Å².